The lowest BCUT2D eigenvalue weighted by atomic mass is 9.92. The van der Waals surface area contributed by atoms with Crippen molar-refractivity contribution in [3.8, 4) is 0 Å². The van der Waals surface area contributed by atoms with Gasteiger partial charge < -0.3 is 4.90 Å². The molecular weight excluding hydrogens is 256 g/mol. The minimum Gasteiger partial charge on any atom is -0.345 e. The fourth-order valence-corrected chi connectivity index (χ4v) is 4.76. The van der Waals surface area contributed by atoms with Gasteiger partial charge in [0.2, 0.25) is 0 Å². The minimum atomic E-state index is 0.328. The van der Waals surface area contributed by atoms with Gasteiger partial charge in [0, 0.05) is 12.6 Å². The first-order valence-corrected chi connectivity index (χ1v) is 8.25. The van der Waals surface area contributed by atoms with E-state index in [-0.39, 0.29) is 0 Å². The minimum absolute atomic E-state index is 0.328. The predicted molar refractivity (Wildman–Crippen MR) is 79.3 cm³/mol. The summed E-state index contributed by atoms with van der Waals surface area (Å²) in [6.45, 7) is 5.34. The second-order valence-electron chi connectivity index (χ2n) is 6.11. The molecule has 3 nitrogen and oxygen atoms in total. The second kappa shape index (κ2) is 5.23. The summed E-state index contributed by atoms with van der Waals surface area (Å²) in [6, 6.07) is 0.680. The number of piperidine rings is 1. The van der Waals surface area contributed by atoms with Crippen LogP contribution in [-0.2, 0) is 0 Å². The van der Waals surface area contributed by atoms with Gasteiger partial charge in [-0.15, -0.1) is 0 Å². The van der Waals surface area contributed by atoms with Crippen LogP contribution in [0.5, 0.6) is 0 Å². The number of hydrogen-bond donors (Lipinski definition) is 0. The van der Waals surface area contributed by atoms with E-state index < -0.39 is 0 Å². The zero-order chi connectivity index (χ0) is 13.4. The Kier molecular flexibility index (Phi) is 3.61. The molecule has 104 valence electrons. The molecule has 2 aliphatic rings. The van der Waals surface area contributed by atoms with E-state index in [0.717, 1.165) is 34.5 Å². The van der Waals surface area contributed by atoms with Crippen LogP contribution in [-0.4, -0.2) is 23.9 Å². The van der Waals surface area contributed by atoms with Crippen LogP contribution in [0.15, 0.2) is 0 Å². The highest BCUT2D eigenvalue weighted by Crippen LogP contribution is 2.41. The molecule has 1 aliphatic carbocycles. The highest BCUT2D eigenvalue weighted by molar-refractivity contribution is 7.17. The number of fused-ring (bicyclic) bond motifs is 1. The van der Waals surface area contributed by atoms with E-state index in [9.17, 15) is 4.79 Å². The molecule has 0 N–H and O–H groups in total. The fraction of sp³-hybridized carbons (Fsp3) is 0.733. The molecule has 19 heavy (non-hydrogen) atoms. The largest absolute Gasteiger partial charge is 0.345 e. The maximum atomic E-state index is 11.2. The summed E-state index contributed by atoms with van der Waals surface area (Å²) in [6.07, 6.45) is 7.67. The van der Waals surface area contributed by atoms with Crippen molar-refractivity contribution in [1.29, 1.82) is 0 Å². The molecule has 0 radical (unpaired) electrons. The molecule has 2 heterocycles. The molecular formula is C15H22N2OS. The average Bonchev–Trinajstić information content (AvgIpc) is 3.04. The van der Waals surface area contributed by atoms with Crippen LogP contribution in [0.1, 0.15) is 67.2 Å². The van der Waals surface area contributed by atoms with Crippen molar-refractivity contribution in [3.05, 3.63) is 10.6 Å². The van der Waals surface area contributed by atoms with Crippen LogP contribution in [0.4, 0.5) is 5.13 Å². The van der Waals surface area contributed by atoms with Gasteiger partial charge in [-0.2, -0.15) is 0 Å². The van der Waals surface area contributed by atoms with Crippen molar-refractivity contribution in [1.82, 2.24) is 4.98 Å². The number of nitrogens with zero attached hydrogens (tertiary/aromatic N) is 2. The number of aldehydes is 1. The van der Waals surface area contributed by atoms with E-state index in [1.807, 2.05) is 0 Å². The van der Waals surface area contributed by atoms with E-state index in [1.54, 1.807) is 11.3 Å². The highest BCUT2D eigenvalue weighted by atomic mass is 32.1. The summed E-state index contributed by atoms with van der Waals surface area (Å²) in [4.78, 5) is 19.3. The number of carbonyl (C=O) groups is 1. The topological polar surface area (TPSA) is 33.2 Å². The first-order valence-electron chi connectivity index (χ1n) is 7.43. The molecule has 1 saturated heterocycles. The van der Waals surface area contributed by atoms with Gasteiger partial charge in [0.25, 0.3) is 0 Å². The molecule has 3 rings (SSSR count). The number of aromatic nitrogens is 1. The first kappa shape index (κ1) is 13.1. The zero-order valence-corrected chi connectivity index (χ0v) is 12.6. The Balaban J connectivity index is 1.90. The summed E-state index contributed by atoms with van der Waals surface area (Å²) in [7, 11) is 0. The van der Waals surface area contributed by atoms with Gasteiger partial charge in [-0.1, -0.05) is 31.6 Å². The Hall–Kier alpha value is -0.900. The molecule has 2 fully saturated rings. The predicted octanol–water partition coefficient (Wildman–Crippen LogP) is 3.85. The molecule has 1 aromatic heterocycles. The quantitative estimate of drug-likeness (QED) is 0.787. The van der Waals surface area contributed by atoms with Crippen molar-refractivity contribution >= 4 is 22.8 Å². The third-order valence-electron chi connectivity index (χ3n) is 4.56. The fourth-order valence-electron chi connectivity index (χ4n) is 3.64. The van der Waals surface area contributed by atoms with Crippen molar-refractivity contribution in [3.63, 3.8) is 0 Å². The zero-order valence-electron chi connectivity index (χ0n) is 11.8. The lowest BCUT2D eigenvalue weighted by molar-refractivity contribution is 0.112. The molecule has 1 aromatic rings. The van der Waals surface area contributed by atoms with E-state index in [1.165, 1.54) is 32.1 Å². The van der Waals surface area contributed by atoms with Crippen LogP contribution in [0.25, 0.3) is 0 Å². The van der Waals surface area contributed by atoms with Crippen LogP contribution in [0.3, 0.4) is 0 Å². The van der Waals surface area contributed by atoms with Crippen molar-refractivity contribution in [2.75, 3.05) is 11.4 Å². The Morgan fingerprint density at radius 1 is 1.32 bits per heavy atom. The Bertz CT molecular complexity index is 469. The Morgan fingerprint density at radius 2 is 2.11 bits per heavy atom. The third-order valence-corrected chi connectivity index (χ3v) is 5.60. The smallest absolute Gasteiger partial charge is 0.186 e. The molecule has 2 atom stereocenters. The summed E-state index contributed by atoms with van der Waals surface area (Å²) < 4.78 is 0. The Morgan fingerprint density at radius 3 is 2.79 bits per heavy atom. The average molecular weight is 278 g/mol. The first-order chi connectivity index (χ1) is 9.20. The number of carbonyl (C=O) groups excluding carboxylic acids is 1. The van der Waals surface area contributed by atoms with Crippen molar-refractivity contribution in [2.24, 2.45) is 5.92 Å². The molecule has 2 unspecified atom stereocenters. The summed E-state index contributed by atoms with van der Waals surface area (Å²) in [5.74, 6) is 1.19. The number of thiazole rings is 1. The number of rotatable bonds is 3. The van der Waals surface area contributed by atoms with E-state index in [4.69, 9.17) is 4.98 Å². The standard InChI is InChI=1S/C15H22N2OS/c1-10(2)14-13(9-18)19-15(16-14)17-8-4-6-11-5-3-7-12(11)17/h9-12H,3-8H2,1-2H3. The molecule has 0 spiro atoms. The monoisotopic (exact) mass is 278 g/mol. The van der Waals surface area contributed by atoms with Gasteiger partial charge in [0.05, 0.1) is 10.6 Å². The molecule has 1 aliphatic heterocycles. The SMILES string of the molecule is CC(C)c1nc(N2CCCC3CCCC32)sc1C=O. The molecule has 0 amide bonds. The lowest BCUT2D eigenvalue weighted by Crippen LogP contribution is -2.42. The summed E-state index contributed by atoms with van der Waals surface area (Å²) in [5.41, 5.74) is 0.982. The maximum absolute atomic E-state index is 11.2. The highest BCUT2D eigenvalue weighted by Gasteiger charge is 2.36. The number of anilines is 1. The maximum Gasteiger partial charge on any atom is 0.186 e. The Labute approximate surface area is 119 Å². The molecule has 0 aromatic carbocycles. The van der Waals surface area contributed by atoms with Crippen LogP contribution in [0, 0.1) is 5.92 Å². The second-order valence-corrected chi connectivity index (χ2v) is 7.12. The van der Waals surface area contributed by atoms with Crippen molar-refractivity contribution in [2.45, 2.75) is 57.9 Å². The third kappa shape index (κ3) is 2.31. The van der Waals surface area contributed by atoms with E-state index in [0.29, 0.717) is 12.0 Å². The van der Waals surface area contributed by atoms with Gasteiger partial charge in [-0.25, -0.2) is 4.98 Å². The summed E-state index contributed by atoms with van der Waals surface area (Å²) >= 11 is 1.59. The van der Waals surface area contributed by atoms with Gasteiger partial charge in [-0.05, 0) is 37.5 Å². The van der Waals surface area contributed by atoms with Gasteiger partial charge >= 0.3 is 0 Å². The number of hydrogen-bond acceptors (Lipinski definition) is 4. The van der Waals surface area contributed by atoms with Gasteiger partial charge in [-0.3, -0.25) is 4.79 Å². The van der Waals surface area contributed by atoms with E-state index >= 15 is 0 Å². The molecule has 0 bridgehead atoms. The lowest BCUT2D eigenvalue weighted by Gasteiger charge is -2.37. The summed E-state index contributed by atoms with van der Waals surface area (Å²) in [5, 5.41) is 1.09. The van der Waals surface area contributed by atoms with Crippen LogP contribution >= 0.6 is 11.3 Å². The van der Waals surface area contributed by atoms with Crippen molar-refractivity contribution < 1.29 is 4.79 Å². The van der Waals surface area contributed by atoms with Gasteiger partial charge in [0.15, 0.2) is 11.4 Å². The normalized spacial score (nSPS) is 26.8. The molecule has 1 saturated carbocycles. The van der Waals surface area contributed by atoms with E-state index in [2.05, 4.69) is 18.7 Å². The van der Waals surface area contributed by atoms with Crippen LogP contribution in [0.2, 0.25) is 0 Å². The molecule has 4 heteroatoms. The van der Waals surface area contributed by atoms with Crippen LogP contribution < -0.4 is 4.90 Å². The van der Waals surface area contributed by atoms with Gasteiger partial charge in [0.1, 0.15) is 0 Å².